The van der Waals surface area contributed by atoms with Crippen LogP contribution in [0, 0.1) is 0 Å². The molecule has 4 rings (SSSR count). The fraction of sp³-hybridized carbons (Fsp3) is 0.429. The minimum absolute atomic E-state index is 0. The maximum Gasteiger partial charge on any atom is 0.271 e. The van der Waals surface area contributed by atoms with E-state index in [1.807, 2.05) is 10.9 Å². The number of piperidine rings is 1. The number of fused-ring (bicyclic) bond motifs is 1. The number of nitrogens with one attached hydrogen (secondary N) is 2. The second-order valence-electron chi connectivity index (χ2n) is 7.45. The summed E-state index contributed by atoms with van der Waals surface area (Å²) < 4.78 is 1.86. The molecule has 30 heavy (non-hydrogen) atoms. The van der Waals surface area contributed by atoms with Gasteiger partial charge in [0.25, 0.3) is 17.7 Å². The van der Waals surface area contributed by atoms with Crippen molar-refractivity contribution in [3.05, 3.63) is 53.3 Å². The molecule has 2 aliphatic rings. The monoisotopic (exact) mass is 431 g/mol. The minimum atomic E-state index is -0.239. The lowest BCUT2D eigenvalue weighted by Crippen LogP contribution is -2.32. The molecule has 1 unspecified atom stereocenters. The van der Waals surface area contributed by atoms with Gasteiger partial charge in [-0.3, -0.25) is 24.0 Å². The zero-order valence-electron chi connectivity index (χ0n) is 16.7. The van der Waals surface area contributed by atoms with Crippen LogP contribution in [-0.2, 0) is 0 Å². The molecule has 1 saturated heterocycles. The third-order valence-electron chi connectivity index (χ3n) is 5.46. The van der Waals surface area contributed by atoms with E-state index in [0.29, 0.717) is 48.8 Å². The number of carbonyl (C=O) groups is 3. The van der Waals surface area contributed by atoms with Crippen molar-refractivity contribution in [1.29, 1.82) is 0 Å². The van der Waals surface area contributed by atoms with E-state index >= 15 is 0 Å². The van der Waals surface area contributed by atoms with E-state index in [1.54, 1.807) is 30.3 Å². The maximum atomic E-state index is 12.3. The summed E-state index contributed by atoms with van der Waals surface area (Å²) >= 11 is 0. The van der Waals surface area contributed by atoms with Crippen LogP contribution in [-0.4, -0.2) is 58.6 Å². The van der Waals surface area contributed by atoms with Gasteiger partial charge in [-0.05, 0) is 50.4 Å². The Hall–Kier alpha value is -2.71. The van der Waals surface area contributed by atoms with Gasteiger partial charge in [0, 0.05) is 25.8 Å². The summed E-state index contributed by atoms with van der Waals surface area (Å²) in [6.07, 6.45) is 5.34. The molecule has 0 radical (unpaired) electrons. The first kappa shape index (κ1) is 22.0. The summed E-state index contributed by atoms with van der Waals surface area (Å²) in [6, 6.07) is 8.91. The van der Waals surface area contributed by atoms with Crippen molar-refractivity contribution in [2.75, 3.05) is 26.2 Å². The van der Waals surface area contributed by atoms with Crippen LogP contribution in [0.25, 0.3) is 0 Å². The van der Waals surface area contributed by atoms with Crippen LogP contribution in [0.15, 0.2) is 36.5 Å². The zero-order chi connectivity index (χ0) is 20.2. The minimum Gasteiger partial charge on any atom is -0.351 e. The summed E-state index contributed by atoms with van der Waals surface area (Å²) in [6.45, 7) is 2.73. The first-order valence-corrected chi connectivity index (χ1v) is 10.1. The van der Waals surface area contributed by atoms with Gasteiger partial charge in [-0.15, -0.1) is 12.4 Å². The van der Waals surface area contributed by atoms with Crippen molar-refractivity contribution in [3.8, 4) is 0 Å². The van der Waals surface area contributed by atoms with E-state index in [2.05, 4.69) is 15.7 Å². The smallest absolute Gasteiger partial charge is 0.271 e. The summed E-state index contributed by atoms with van der Waals surface area (Å²) in [7, 11) is 0. The van der Waals surface area contributed by atoms with Gasteiger partial charge in [0.2, 0.25) is 0 Å². The Morgan fingerprint density at radius 1 is 1.13 bits per heavy atom. The highest BCUT2D eigenvalue weighted by molar-refractivity contribution is 6.21. The van der Waals surface area contributed by atoms with Crippen LogP contribution >= 0.6 is 12.4 Å². The molecule has 0 saturated carbocycles. The van der Waals surface area contributed by atoms with Gasteiger partial charge in [-0.1, -0.05) is 12.1 Å². The number of hydrogen-bond donors (Lipinski definition) is 2. The van der Waals surface area contributed by atoms with Crippen LogP contribution in [0.2, 0.25) is 0 Å². The van der Waals surface area contributed by atoms with Crippen molar-refractivity contribution in [2.24, 2.45) is 0 Å². The largest absolute Gasteiger partial charge is 0.351 e. The third kappa shape index (κ3) is 4.55. The van der Waals surface area contributed by atoms with Crippen molar-refractivity contribution >= 4 is 30.1 Å². The van der Waals surface area contributed by atoms with E-state index in [-0.39, 0.29) is 30.1 Å². The lowest BCUT2D eigenvalue weighted by molar-refractivity contribution is 0.0650. The molecule has 1 aromatic carbocycles. The molecule has 9 heteroatoms. The normalized spacial score (nSPS) is 18.1. The Bertz CT molecular complexity index is 888. The number of amides is 3. The quantitative estimate of drug-likeness (QED) is 0.516. The third-order valence-corrected chi connectivity index (χ3v) is 5.46. The molecule has 0 bridgehead atoms. The van der Waals surface area contributed by atoms with Gasteiger partial charge in [-0.25, -0.2) is 0 Å². The molecule has 1 fully saturated rings. The number of imide groups is 1. The molecule has 160 valence electrons. The van der Waals surface area contributed by atoms with E-state index in [0.717, 1.165) is 25.9 Å². The van der Waals surface area contributed by atoms with Crippen molar-refractivity contribution in [3.63, 3.8) is 0 Å². The predicted molar refractivity (Wildman–Crippen MR) is 114 cm³/mol. The molecule has 3 amide bonds. The second-order valence-corrected chi connectivity index (χ2v) is 7.45. The molecule has 0 spiro atoms. The Balaban J connectivity index is 0.00000256. The highest BCUT2D eigenvalue weighted by atomic mass is 35.5. The average Bonchev–Trinajstić information content (AvgIpc) is 3.34. The number of unbranched alkanes of at least 4 members (excludes halogenated alkanes) is 1. The van der Waals surface area contributed by atoms with Crippen LogP contribution in [0.1, 0.15) is 62.9 Å². The molecular weight excluding hydrogens is 406 g/mol. The lowest BCUT2D eigenvalue weighted by atomic mass is 10.1. The maximum absolute atomic E-state index is 12.3. The molecule has 1 aromatic heterocycles. The van der Waals surface area contributed by atoms with Gasteiger partial charge in [0.15, 0.2) is 0 Å². The molecular formula is C21H26ClN5O3. The van der Waals surface area contributed by atoms with E-state index in [4.69, 9.17) is 0 Å². The highest BCUT2D eigenvalue weighted by Crippen LogP contribution is 2.22. The summed E-state index contributed by atoms with van der Waals surface area (Å²) in [5.41, 5.74) is 1.35. The molecule has 2 aromatic rings. The van der Waals surface area contributed by atoms with Crippen molar-refractivity contribution in [2.45, 2.75) is 31.7 Å². The van der Waals surface area contributed by atoms with Crippen LogP contribution < -0.4 is 10.6 Å². The van der Waals surface area contributed by atoms with E-state index < -0.39 is 0 Å². The zero-order valence-corrected chi connectivity index (χ0v) is 17.5. The second kappa shape index (κ2) is 9.86. The fourth-order valence-corrected chi connectivity index (χ4v) is 3.85. The molecule has 1 atom stereocenters. The van der Waals surface area contributed by atoms with E-state index in [1.165, 1.54) is 4.90 Å². The number of hydrogen-bond acceptors (Lipinski definition) is 5. The predicted octanol–water partition coefficient (Wildman–Crippen LogP) is 2.04. The van der Waals surface area contributed by atoms with Crippen LogP contribution in [0.3, 0.4) is 0 Å². The first-order valence-electron chi connectivity index (χ1n) is 10.1. The number of aromatic nitrogens is 2. The van der Waals surface area contributed by atoms with Crippen LogP contribution in [0.4, 0.5) is 0 Å². The topological polar surface area (TPSA) is 96.3 Å². The number of benzene rings is 1. The highest BCUT2D eigenvalue weighted by Gasteiger charge is 2.34. The van der Waals surface area contributed by atoms with Gasteiger partial charge in [0.05, 0.1) is 17.2 Å². The average molecular weight is 432 g/mol. The van der Waals surface area contributed by atoms with Crippen molar-refractivity contribution in [1.82, 2.24) is 25.3 Å². The summed E-state index contributed by atoms with van der Waals surface area (Å²) in [4.78, 5) is 38.2. The van der Waals surface area contributed by atoms with Gasteiger partial charge >= 0.3 is 0 Å². The standard InChI is InChI=1S/C21H25N5O3.ClH/c27-19(18-9-13-26(24-18)15-6-5-10-22-14-15)23-11-3-4-12-25-20(28)16-7-1-2-8-17(16)21(25)29;/h1-2,7-9,13,15,22H,3-6,10-12,14H2,(H,23,27);1H. The Morgan fingerprint density at radius 3 is 2.53 bits per heavy atom. The summed E-state index contributed by atoms with van der Waals surface area (Å²) in [5, 5.41) is 10.6. The molecule has 8 nitrogen and oxygen atoms in total. The number of carbonyl (C=O) groups excluding carboxylic acids is 3. The molecule has 2 N–H and O–H groups in total. The van der Waals surface area contributed by atoms with E-state index in [9.17, 15) is 14.4 Å². The lowest BCUT2D eigenvalue weighted by Gasteiger charge is -2.22. The first-order chi connectivity index (χ1) is 14.1. The molecule has 2 aliphatic heterocycles. The number of nitrogens with zero attached hydrogens (tertiary/aromatic N) is 3. The van der Waals surface area contributed by atoms with Gasteiger partial charge < -0.3 is 10.6 Å². The number of halogens is 1. The Morgan fingerprint density at radius 2 is 1.87 bits per heavy atom. The fourth-order valence-electron chi connectivity index (χ4n) is 3.85. The van der Waals surface area contributed by atoms with Crippen molar-refractivity contribution < 1.29 is 14.4 Å². The molecule has 3 heterocycles. The van der Waals surface area contributed by atoms with Gasteiger partial charge in [-0.2, -0.15) is 5.10 Å². The summed E-state index contributed by atoms with van der Waals surface area (Å²) in [5.74, 6) is -0.678. The van der Waals surface area contributed by atoms with Gasteiger partial charge in [0.1, 0.15) is 5.69 Å². The Kier molecular flexibility index (Phi) is 7.23. The SMILES string of the molecule is Cl.O=C(NCCCCN1C(=O)c2ccccc2C1=O)c1ccn(C2CCCNC2)n1. The number of rotatable bonds is 7. The Labute approximate surface area is 181 Å². The molecule has 0 aliphatic carbocycles. The van der Waals surface area contributed by atoms with Crippen LogP contribution in [0.5, 0.6) is 0 Å².